The highest BCUT2D eigenvalue weighted by molar-refractivity contribution is 5.84. The van der Waals surface area contributed by atoms with Crippen LogP contribution in [-0.2, 0) is 4.79 Å². The number of nitrogens with one attached hydrogen (secondary N) is 1. The number of carbonyl (C=O) groups excluding carboxylic acids is 1. The zero-order valence-corrected chi connectivity index (χ0v) is 11.6. The maximum absolute atomic E-state index is 12.9. The molecule has 0 aromatic rings. The predicted octanol–water partition coefficient (Wildman–Crippen LogP) is 0.995. The molecule has 0 aromatic heterocycles. The summed E-state index contributed by atoms with van der Waals surface area (Å²) >= 11 is 0. The Kier molecular flexibility index (Phi) is 4.28. The van der Waals surface area contributed by atoms with Crippen molar-refractivity contribution in [3.63, 3.8) is 0 Å². The van der Waals surface area contributed by atoms with Crippen LogP contribution in [0.4, 0.5) is 0 Å². The van der Waals surface area contributed by atoms with Crippen molar-refractivity contribution in [3.8, 4) is 0 Å². The summed E-state index contributed by atoms with van der Waals surface area (Å²) in [4.78, 5) is 14.9. The number of aliphatic hydroxyl groups is 1. The van der Waals surface area contributed by atoms with Gasteiger partial charge in [0.05, 0.1) is 12.0 Å². The van der Waals surface area contributed by atoms with Gasteiger partial charge in [-0.05, 0) is 38.1 Å². The van der Waals surface area contributed by atoms with Gasteiger partial charge in [-0.25, -0.2) is 0 Å². The lowest BCUT2D eigenvalue weighted by Gasteiger charge is -2.43. The van der Waals surface area contributed by atoms with Crippen LogP contribution in [0.25, 0.3) is 0 Å². The largest absolute Gasteiger partial charge is 0.395 e. The topological polar surface area (TPSA) is 52.6 Å². The van der Waals surface area contributed by atoms with E-state index in [1.807, 2.05) is 4.90 Å². The van der Waals surface area contributed by atoms with Gasteiger partial charge in [0, 0.05) is 19.1 Å². The van der Waals surface area contributed by atoms with Crippen LogP contribution in [0.1, 0.15) is 39.5 Å². The van der Waals surface area contributed by atoms with Gasteiger partial charge in [-0.2, -0.15) is 0 Å². The maximum atomic E-state index is 12.9. The van der Waals surface area contributed by atoms with Gasteiger partial charge in [0.15, 0.2) is 0 Å². The summed E-state index contributed by atoms with van der Waals surface area (Å²) in [5, 5.41) is 12.5. The van der Waals surface area contributed by atoms with Crippen LogP contribution >= 0.6 is 0 Å². The third kappa shape index (κ3) is 2.28. The molecule has 1 amide bonds. The summed E-state index contributed by atoms with van der Waals surface area (Å²) in [7, 11) is 0. The molecule has 1 saturated carbocycles. The smallest absolute Gasteiger partial charge is 0.230 e. The predicted molar refractivity (Wildman–Crippen MR) is 71.2 cm³/mol. The van der Waals surface area contributed by atoms with Gasteiger partial charge in [0.2, 0.25) is 5.91 Å². The van der Waals surface area contributed by atoms with E-state index in [1.54, 1.807) is 0 Å². The van der Waals surface area contributed by atoms with Crippen molar-refractivity contribution in [1.29, 1.82) is 0 Å². The van der Waals surface area contributed by atoms with Crippen molar-refractivity contribution < 1.29 is 9.90 Å². The average Bonchev–Trinajstić information content (AvgIpc) is 2.75. The zero-order chi connectivity index (χ0) is 13.2. The molecule has 0 aromatic carbocycles. The molecular weight excluding hydrogens is 228 g/mol. The first-order valence-electron chi connectivity index (χ1n) is 7.24. The molecule has 104 valence electrons. The molecule has 0 radical (unpaired) electrons. The summed E-state index contributed by atoms with van der Waals surface area (Å²) in [5.41, 5.74) is -0.245. The van der Waals surface area contributed by atoms with E-state index >= 15 is 0 Å². The van der Waals surface area contributed by atoms with Crippen LogP contribution in [0.5, 0.6) is 0 Å². The van der Waals surface area contributed by atoms with Crippen LogP contribution in [0.15, 0.2) is 0 Å². The lowest BCUT2D eigenvalue weighted by atomic mass is 9.74. The van der Waals surface area contributed by atoms with Crippen LogP contribution < -0.4 is 5.32 Å². The molecule has 0 bridgehead atoms. The Balaban J connectivity index is 2.14. The van der Waals surface area contributed by atoms with E-state index in [2.05, 4.69) is 19.2 Å². The van der Waals surface area contributed by atoms with Gasteiger partial charge in [-0.1, -0.05) is 13.8 Å². The number of rotatable bonds is 5. The first-order valence-corrected chi connectivity index (χ1v) is 7.24. The second-order valence-corrected chi connectivity index (χ2v) is 6.04. The van der Waals surface area contributed by atoms with Crippen LogP contribution in [0.3, 0.4) is 0 Å². The standard InChI is InChI=1S/C14H26N2O2/c1-11(2)14(6-7-15-10-14)13(18)16(8-9-17)12-4-3-5-12/h11-12,15,17H,3-10H2,1-2H3. The second kappa shape index (κ2) is 5.57. The van der Waals surface area contributed by atoms with E-state index in [-0.39, 0.29) is 17.9 Å². The van der Waals surface area contributed by atoms with E-state index in [0.717, 1.165) is 32.4 Å². The van der Waals surface area contributed by atoms with Crippen molar-refractivity contribution in [1.82, 2.24) is 10.2 Å². The number of hydrogen-bond donors (Lipinski definition) is 2. The summed E-state index contributed by atoms with van der Waals surface area (Å²) in [6.45, 7) is 6.58. The molecule has 1 atom stereocenters. The fourth-order valence-electron chi connectivity index (χ4n) is 3.18. The minimum absolute atomic E-state index is 0.0733. The lowest BCUT2D eigenvalue weighted by molar-refractivity contribution is -0.148. The molecule has 0 spiro atoms. The fourth-order valence-corrected chi connectivity index (χ4v) is 3.18. The molecule has 4 nitrogen and oxygen atoms in total. The summed E-state index contributed by atoms with van der Waals surface area (Å²) in [5.74, 6) is 0.613. The molecule has 1 aliphatic carbocycles. The summed E-state index contributed by atoms with van der Waals surface area (Å²) in [6.07, 6.45) is 4.35. The van der Waals surface area contributed by atoms with E-state index in [9.17, 15) is 9.90 Å². The molecule has 18 heavy (non-hydrogen) atoms. The molecule has 2 N–H and O–H groups in total. The zero-order valence-electron chi connectivity index (χ0n) is 11.6. The fraction of sp³-hybridized carbons (Fsp3) is 0.929. The van der Waals surface area contributed by atoms with Crippen LogP contribution in [-0.4, -0.2) is 48.2 Å². The van der Waals surface area contributed by atoms with Gasteiger partial charge in [0.25, 0.3) is 0 Å². The molecule has 2 aliphatic rings. The highest BCUT2D eigenvalue weighted by Crippen LogP contribution is 2.38. The van der Waals surface area contributed by atoms with Gasteiger partial charge in [-0.15, -0.1) is 0 Å². The van der Waals surface area contributed by atoms with E-state index in [4.69, 9.17) is 0 Å². The first-order chi connectivity index (χ1) is 8.62. The quantitative estimate of drug-likeness (QED) is 0.769. The van der Waals surface area contributed by atoms with Crippen molar-refractivity contribution in [2.24, 2.45) is 11.3 Å². The van der Waals surface area contributed by atoms with Gasteiger partial charge < -0.3 is 15.3 Å². The Hall–Kier alpha value is -0.610. The Labute approximate surface area is 110 Å². The Morgan fingerprint density at radius 3 is 2.61 bits per heavy atom. The number of hydrogen-bond acceptors (Lipinski definition) is 3. The lowest BCUT2D eigenvalue weighted by Crippen LogP contribution is -2.54. The molecule has 4 heteroatoms. The van der Waals surface area contributed by atoms with E-state index in [1.165, 1.54) is 6.42 Å². The van der Waals surface area contributed by atoms with Crippen molar-refractivity contribution in [2.75, 3.05) is 26.2 Å². The van der Waals surface area contributed by atoms with Crippen LogP contribution in [0.2, 0.25) is 0 Å². The molecule has 1 saturated heterocycles. The Morgan fingerprint density at radius 1 is 1.50 bits per heavy atom. The third-order valence-electron chi connectivity index (χ3n) is 4.84. The van der Waals surface area contributed by atoms with Gasteiger partial charge >= 0.3 is 0 Å². The minimum atomic E-state index is -0.245. The molecule has 2 fully saturated rings. The minimum Gasteiger partial charge on any atom is -0.395 e. The molecule has 1 unspecified atom stereocenters. The number of amides is 1. The number of carbonyl (C=O) groups is 1. The second-order valence-electron chi connectivity index (χ2n) is 6.04. The highest BCUT2D eigenvalue weighted by Gasteiger charge is 2.47. The SMILES string of the molecule is CC(C)C1(C(=O)N(CCO)C2CCC2)CCNC1. The molecule has 2 rings (SSSR count). The number of aliphatic hydroxyl groups excluding tert-OH is 1. The third-order valence-corrected chi connectivity index (χ3v) is 4.84. The Bertz CT molecular complexity index is 294. The first kappa shape index (κ1) is 13.8. The van der Waals surface area contributed by atoms with Crippen LogP contribution in [0, 0.1) is 11.3 Å². The maximum Gasteiger partial charge on any atom is 0.230 e. The molecule has 1 heterocycles. The number of nitrogens with zero attached hydrogens (tertiary/aromatic N) is 1. The monoisotopic (exact) mass is 254 g/mol. The van der Waals surface area contributed by atoms with Crippen molar-refractivity contribution in [3.05, 3.63) is 0 Å². The van der Waals surface area contributed by atoms with Crippen molar-refractivity contribution in [2.45, 2.75) is 45.6 Å². The highest BCUT2D eigenvalue weighted by atomic mass is 16.3. The van der Waals surface area contributed by atoms with E-state index in [0.29, 0.717) is 18.5 Å². The van der Waals surface area contributed by atoms with Crippen molar-refractivity contribution >= 4 is 5.91 Å². The average molecular weight is 254 g/mol. The normalized spacial score (nSPS) is 28.4. The van der Waals surface area contributed by atoms with Gasteiger partial charge in [-0.3, -0.25) is 4.79 Å². The van der Waals surface area contributed by atoms with Gasteiger partial charge in [0.1, 0.15) is 0 Å². The summed E-state index contributed by atoms with van der Waals surface area (Å²) in [6, 6.07) is 0.376. The molecular formula is C14H26N2O2. The Morgan fingerprint density at radius 2 is 2.22 bits per heavy atom. The van der Waals surface area contributed by atoms with E-state index < -0.39 is 0 Å². The summed E-state index contributed by atoms with van der Waals surface area (Å²) < 4.78 is 0. The molecule has 1 aliphatic heterocycles.